The van der Waals surface area contributed by atoms with Gasteiger partial charge in [-0.15, -0.1) is 0 Å². The van der Waals surface area contributed by atoms with Gasteiger partial charge in [-0.1, -0.05) is 13.8 Å². The molecule has 1 aliphatic carbocycles. The molecule has 0 aromatic rings. The molecular formula is C9H16F2O. The Kier molecular flexibility index (Phi) is 3.04. The van der Waals surface area contributed by atoms with Crippen LogP contribution < -0.4 is 0 Å². The van der Waals surface area contributed by atoms with E-state index in [0.717, 1.165) is 0 Å². The second-order valence-corrected chi connectivity index (χ2v) is 3.98. The van der Waals surface area contributed by atoms with Crippen LogP contribution in [0.2, 0.25) is 0 Å². The Hall–Kier alpha value is -0.180. The SMILES string of the molecule is CC(C)[C@@H]1C[C@@H](F)[C@@H](F)C[C@@H]1O. The highest BCUT2D eigenvalue weighted by Crippen LogP contribution is 2.33. The minimum atomic E-state index is -1.46. The van der Waals surface area contributed by atoms with E-state index in [1.54, 1.807) is 0 Å². The third-order valence-corrected chi connectivity index (χ3v) is 2.71. The van der Waals surface area contributed by atoms with Crippen LogP contribution in [0.15, 0.2) is 0 Å². The van der Waals surface area contributed by atoms with Gasteiger partial charge in [-0.2, -0.15) is 0 Å². The molecule has 12 heavy (non-hydrogen) atoms. The molecule has 0 aromatic heterocycles. The summed E-state index contributed by atoms with van der Waals surface area (Å²) in [5.74, 6) is 0.151. The molecule has 0 aliphatic heterocycles. The number of aliphatic hydroxyl groups is 1. The zero-order chi connectivity index (χ0) is 9.30. The number of hydrogen-bond donors (Lipinski definition) is 1. The minimum absolute atomic E-state index is 0.0377. The number of halogens is 2. The molecule has 1 N–H and O–H groups in total. The Morgan fingerprint density at radius 1 is 1.17 bits per heavy atom. The number of rotatable bonds is 1. The molecule has 72 valence electrons. The van der Waals surface area contributed by atoms with Crippen molar-refractivity contribution in [1.29, 1.82) is 0 Å². The molecule has 3 heteroatoms. The van der Waals surface area contributed by atoms with Crippen LogP contribution in [0.3, 0.4) is 0 Å². The zero-order valence-corrected chi connectivity index (χ0v) is 7.50. The van der Waals surface area contributed by atoms with E-state index in [-0.39, 0.29) is 24.7 Å². The number of hydrogen-bond acceptors (Lipinski definition) is 1. The first-order valence-corrected chi connectivity index (χ1v) is 4.48. The Bertz CT molecular complexity index is 149. The molecule has 4 atom stereocenters. The van der Waals surface area contributed by atoms with Crippen LogP contribution in [-0.4, -0.2) is 23.6 Å². The van der Waals surface area contributed by atoms with Crippen LogP contribution in [0.4, 0.5) is 8.78 Å². The van der Waals surface area contributed by atoms with Gasteiger partial charge in [0.25, 0.3) is 0 Å². The second-order valence-electron chi connectivity index (χ2n) is 3.98. The van der Waals surface area contributed by atoms with Crippen molar-refractivity contribution in [3.8, 4) is 0 Å². The topological polar surface area (TPSA) is 20.2 Å². The smallest absolute Gasteiger partial charge is 0.134 e. The Morgan fingerprint density at radius 2 is 1.67 bits per heavy atom. The van der Waals surface area contributed by atoms with Gasteiger partial charge in [0.15, 0.2) is 0 Å². The Morgan fingerprint density at radius 3 is 2.17 bits per heavy atom. The van der Waals surface area contributed by atoms with E-state index in [2.05, 4.69) is 0 Å². The molecule has 0 saturated heterocycles. The van der Waals surface area contributed by atoms with Gasteiger partial charge < -0.3 is 5.11 Å². The lowest BCUT2D eigenvalue weighted by molar-refractivity contribution is -0.0275. The molecule has 1 rings (SSSR count). The van der Waals surface area contributed by atoms with E-state index in [4.69, 9.17) is 0 Å². The molecule has 1 nitrogen and oxygen atoms in total. The van der Waals surface area contributed by atoms with Crippen molar-refractivity contribution in [2.24, 2.45) is 11.8 Å². The highest BCUT2D eigenvalue weighted by atomic mass is 19.2. The minimum Gasteiger partial charge on any atom is -0.393 e. The maximum atomic E-state index is 12.9. The predicted octanol–water partition coefficient (Wildman–Crippen LogP) is 2.09. The first kappa shape index (κ1) is 9.90. The lowest BCUT2D eigenvalue weighted by atomic mass is 9.78. The highest BCUT2D eigenvalue weighted by molar-refractivity contribution is 4.87. The first-order chi connectivity index (χ1) is 5.52. The molecule has 0 aromatic carbocycles. The van der Waals surface area contributed by atoms with Gasteiger partial charge in [0.2, 0.25) is 0 Å². The Balaban J connectivity index is 2.55. The van der Waals surface area contributed by atoms with E-state index in [0.29, 0.717) is 0 Å². The van der Waals surface area contributed by atoms with E-state index in [1.807, 2.05) is 13.8 Å². The van der Waals surface area contributed by atoms with Gasteiger partial charge in [0.1, 0.15) is 12.3 Å². The third-order valence-electron chi connectivity index (χ3n) is 2.71. The van der Waals surface area contributed by atoms with Crippen LogP contribution in [0.25, 0.3) is 0 Å². The zero-order valence-electron chi connectivity index (χ0n) is 7.50. The lowest BCUT2D eigenvalue weighted by Gasteiger charge is -2.34. The molecule has 0 unspecified atom stereocenters. The molecule has 0 heterocycles. The summed E-state index contributed by atoms with van der Waals surface area (Å²) >= 11 is 0. The van der Waals surface area contributed by atoms with Crippen LogP contribution in [-0.2, 0) is 0 Å². The number of aliphatic hydroxyl groups excluding tert-OH is 1. The maximum absolute atomic E-state index is 12.9. The van der Waals surface area contributed by atoms with Crippen LogP contribution in [0.5, 0.6) is 0 Å². The van der Waals surface area contributed by atoms with Gasteiger partial charge in [0.05, 0.1) is 6.10 Å². The lowest BCUT2D eigenvalue weighted by Crippen LogP contribution is -2.39. The van der Waals surface area contributed by atoms with Crippen molar-refractivity contribution in [1.82, 2.24) is 0 Å². The molecule has 0 bridgehead atoms. The van der Waals surface area contributed by atoms with Gasteiger partial charge >= 0.3 is 0 Å². The molecule has 0 spiro atoms. The molecule has 0 radical (unpaired) electrons. The van der Waals surface area contributed by atoms with Crippen molar-refractivity contribution >= 4 is 0 Å². The molecule has 1 aliphatic rings. The van der Waals surface area contributed by atoms with Crippen LogP contribution in [0, 0.1) is 11.8 Å². The van der Waals surface area contributed by atoms with E-state index >= 15 is 0 Å². The highest BCUT2D eigenvalue weighted by Gasteiger charge is 2.37. The van der Waals surface area contributed by atoms with Gasteiger partial charge in [-0.3, -0.25) is 0 Å². The largest absolute Gasteiger partial charge is 0.393 e. The van der Waals surface area contributed by atoms with E-state index < -0.39 is 18.4 Å². The third kappa shape index (κ3) is 1.94. The van der Waals surface area contributed by atoms with Crippen molar-refractivity contribution in [3.05, 3.63) is 0 Å². The van der Waals surface area contributed by atoms with E-state index in [9.17, 15) is 13.9 Å². The fraction of sp³-hybridized carbons (Fsp3) is 1.00. The molecular weight excluding hydrogens is 162 g/mol. The summed E-state index contributed by atoms with van der Waals surface area (Å²) in [5.41, 5.74) is 0. The summed E-state index contributed by atoms with van der Waals surface area (Å²) in [6.45, 7) is 3.86. The summed E-state index contributed by atoms with van der Waals surface area (Å²) in [4.78, 5) is 0. The van der Waals surface area contributed by atoms with Gasteiger partial charge in [-0.05, 0) is 18.3 Å². The maximum Gasteiger partial charge on any atom is 0.134 e. The normalized spacial score (nSPS) is 43.5. The second kappa shape index (κ2) is 3.69. The van der Waals surface area contributed by atoms with Crippen molar-refractivity contribution in [3.63, 3.8) is 0 Å². The van der Waals surface area contributed by atoms with Crippen molar-refractivity contribution in [2.45, 2.75) is 45.1 Å². The summed E-state index contributed by atoms with van der Waals surface area (Å²) in [6.07, 6.45) is -3.37. The van der Waals surface area contributed by atoms with Crippen molar-refractivity contribution in [2.75, 3.05) is 0 Å². The fourth-order valence-corrected chi connectivity index (χ4v) is 1.83. The molecule has 1 fully saturated rings. The molecule has 0 amide bonds. The summed E-state index contributed by atoms with van der Waals surface area (Å²) in [6, 6.07) is 0. The monoisotopic (exact) mass is 178 g/mol. The van der Waals surface area contributed by atoms with Gasteiger partial charge in [-0.25, -0.2) is 8.78 Å². The standard InChI is InChI=1S/C9H16F2O/c1-5(2)6-3-7(10)8(11)4-9(6)12/h5-9,12H,3-4H2,1-2H3/t6-,7+,8-,9-/m0/s1. The van der Waals surface area contributed by atoms with Gasteiger partial charge in [0, 0.05) is 6.42 Å². The average molecular weight is 178 g/mol. The number of alkyl halides is 2. The molecule has 1 saturated carbocycles. The Labute approximate surface area is 71.8 Å². The summed E-state index contributed by atoms with van der Waals surface area (Å²) < 4.78 is 25.6. The summed E-state index contributed by atoms with van der Waals surface area (Å²) in [7, 11) is 0. The first-order valence-electron chi connectivity index (χ1n) is 4.48. The predicted molar refractivity (Wildman–Crippen MR) is 43.4 cm³/mol. The fourth-order valence-electron chi connectivity index (χ4n) is 1.83. The van der Waals surface area contributed by atoms with Crippen LogP contribution >= 0.6 is 0 Å². The average Bonchev–Trinajstić information content (AvgIpc) is 1.96. The van der Waals surface area contributed by atoms with Crippen molar-refractivity contribution < 1.29 is 13.9 Å². The van der Waals surface area contributed by atoms with Crippen LogP contribution in [0.1, 0.15) is 26.7 Å². The summed E-state index contributed by atoms with van der Waals surface area (Å²) in [5, 5.41) is 9.42. The van der Waals surface area contributed by atoms with E-state index in [1.165, 1.54) is 0 Å². The quantitative estimate of drug-likeness (QED) is 0.651.